The third kappa shape index (κ3) is 3.17. The standard InChI is InChI=1S/C15H20N4O/c1-11(12-7-5-4-6-8-12)9-17-15-13(20-3)14(16-2)18-10-19-15/h4-8,10-11H,9H2,1-3H3,(H2,16,17,18,19). The van der Waals surface area contributed by atoms with Gasteiger partial charge in [0.15, 0.2) is 11.6 Å². The highest BCUT2D eigenvalue weighted by Crippen LogP contribution is 2.29. The number of hydrogen-bond donors (Lipinski definition) is 2. The van der Waals surface area contributed by atoms with E-state index >= 15 is 0 Å². The highest BCUT2D eigenvalue weighted by atomic mass is 16.5. The predicted molar refractivity (Wildman–Crippen MR) is 81.5 cm³/mol. The van der Waals surface area contributed by atoms with Crippen LogP contribution in [0.15, 0.2) is 36.7 Å². The van der Waals surface area contributed by atoms with Gasteiger partial charge in [0, 0.05) is 13.6 Å². The topological polar surface area (TPSA) is 59.1 Å². The molecule has 1 heterocycles. The number of aromatic nitrogens is 2. The monoisotopic (exact) mass is 272 g/mol. The van der Waals surface area contributed by atoms with Crippen molar-refractivity contribution in [1.82, 2.24) is 9.97 Å². The van der Waals surface area contributed by atoms with Crippen molar-refractivity contribution >= 4 is 11.6 Å². The molecule has 0 aliphatic carbocycles. The first-order chi connectivity index (χ1) is 9.76. The van der Waals surface area contributed by atoms with Crippen molar-refractivity contribution in [3.05, 3.63) is 42.2 Å². The van der Waals surface area contributed by atoms with E-state index in [1.807, 2.05) is 6.07 Å². The van der Waals surface area contributed by atoms with Crippen LogP contribution >= 0.6 is 0 Å². The number of nitrogens with one attached hydrogen (secondary N) is 2. The van der Waals surface area contributed by atoms with Crippen LogP contribution in [0.5, 0.6) is 5.75 Å². The molecule has 0 bridgehead atoms. The molecule has 0 saturated heterocycles. The van der Waals surface area contributed by atoms with E-state index in [-0.39, 0.29) is 0 Å². The largest absolute Gasteiger partial charge is 0.490 e. The highest BCUT2D eigenvalue weighted by Gasteiger charge is 2.12. The van der Waals surface area contributed by atoms with Crippen molar-refractivity contribution in [2.45, 2.75) is 12.8 Å². The molecule has 0 aliphatic heterocycles. The van der Waals surface area contributed by atoms with E-state index in [0.717, 1.165) is 6.54 Å². The van der Waals surface area contributed by atoms with Crippen molar-refractivity contribution in [3.8, 4) is 5.75 Å². The molecule has 1 atom stereocenters. The van der Waals surface area contributed by atoms with Crippen LogP contribution in [-0.4, -0.2) is 30.7 Å². The Hall–Kier alpha value is -2.30. The van der Waals surface area contributed by atoms with Crippen LogP contribution in [-0.2, 0) is 0 Å². The van der Waals surface area contributed by atoms with Gasteiger partial charge < -0.3 is 15.4 Å². The molecular weight excluding hydrogens is 252 g/mol. The fourth-order valence-electron chi connectivity index (χ4n) is 2.02. The third-order valence-electron chi connectivity index (χ3n) is 3.19. The Morgan fingerprint density at radius 2 is 1.85 bits per heavy atom. The summed E-state index contributed by atoms with van der Waals surface area (Å²) in [5.41, 5.74) is 1.29. The summed E-state index contributed by atoms with van der Waals surface area (Å²) < 4.78 is 5.36. The Bertz CT molecular complexity index is 545. The second-order valence-electron chi connectivity index (χ2n) is 4.55. The maximum absolute atomic E-state index is 5.36. The zero-order chi connectivity index (χ0) is 14.4. The van der Waals surface area contributed by atoms with Gasteiger partial charge in [-0.25, -0.2) is 9.97 Å². The summed E-state index contributed by atoms with van der Waals surface area (Å²) in [6.07, 6.45) is 1.52. The van der Waals surface area contributed by atoms with Crippen molar-refractivity contribution in [2.75, 3.05) is 31.3 Å². The predicted octanol–water partition coefficient (Wildman–Crippen LogP) is 2.74. The van der Waals surface area contributed by atoms with Gasteiger partial charge >= 0.3 is 0 Å². The second-order valence-corrected chi connectivity index (χ2v) is 4.55. The zero-order valence-electron chi connectivity index (χ0n) is 12.1. The summed E-state index contributed by atoms with van der Waals surface area (Å²) in [7, 11) is 3.42. The van der Waals surface area contributed by atoms with Gasteiger partial charge in [-0.1, -0.05) is 37.3 Å². The summed E-state index contributed by atoms with van der Waals surface area (Å²) in [4.78, 5) is 8.36. The van der Waals surface area contributed by atoms with Crippen molar-refractivity contribution in [1.29, 1.82) is 0 Å². The first-order valence-electron chi connectivity index (χ1n) is 6.61. The average Bonchev–Trinajstić information content (AvgIpc) is 2.52. The van der Waals surface area contributed by atoms with Gasteiger partial charge in [0.2, 0.25) is 5.75 Å². The Kier molecular flexibility index (Phi) is 4.76. The first-order valence-corrected chi connectivity index (χ1v) is 6.61. The molecule has 2 N–H and O–H groups in total. The van der Waals surface area contributed by atoms with Crippen LogP contribution in [0.2, 0.25) is 0 Å². The number of ether oxygens (including phenoxy) is 1. The summed E-state index contributed by atoms with van der Waals surface area (Å²) in [5.74, 6) is 2.40. The molecule has 1 unspecified atom stereocenters. The van der Waals surface area contributed by atoms with E-state index in [4.69, 9.17) is 4.74 Å². The van der Waals surface area contributed by atoms with Gasteiger partial charge in [-0.3, -0.25) is 0 Å². The molecular formula is C15H20N4O. The SMILES string of the molecule is CNc1ncnc(NCC(C)c2ccccc2)c1OC. The minimum absolute atomic E-state index is 0.383. The molecule has 2 aromatic rings. The third-order valence-corrected chi connectivity index (χ3v) is 3.19. The van der Waals surface area contributed by atoms with Crippen LogP contribution in [0.4, 0.5) is 11.6 Å². The van der Waals surface area contributed by atoms with Gasteiger partial charge in [-0.2, -0.15) is 0 Å². The van der Waals surface area contributed by atoms with Crippen LogP contribution in [0.25, 0.3) is 0 Å². The number of hydrogen-bond acceptors (Lipinski definition) is 5. The molecule has 0 amide bonds. The lowest BCUT2D eigenvalue weighted by Crippen LogP contribution is -2.12. The fraction of sp³-hybridized carbons (Fsp3) is 0.333. The summed E-state index contributed by atoms with van der Waals surface area (Å²) in [6.45, 7) is 2.95. The van der Waals surface area contributed by atoms with E-state index < -0.39 is 0 Å². The Labute approximate surface area is 119 Å². The number of methoxy groups -OCH3 is 1. The molecule has 20 heavy (non-hydrogen) atoms. The lowest BCUT2D eigenvalue weighted by Gasteiger charge is -2.16. The highest BCUT2D eigenvalue weighted by molar-refractivity contribution is 5.63. The minimum atomic E-state index is 0.383. The average molecular weight is 272 g/mol. The summed E-state index contributed by atoms with van der Waals surface area (Å²) in [6, 6.07) is 10.4. The Morgan fingerprint density at radius 1 is 1.15 bits per heavy atom. The number of anilines is 2. The first kappa shape index (κ1) is 14.1. The molecule has 1 aromatic carbocycles. The van der Waals surface area contributed by atoms with Crippen LogP contribution in [0.1, 0.15) is 18.4 Å². The van der Waals surface area contributed by atoms with Gasteiger partial charge in [-0.05, 0) is 11.5 Å². The molecule has 0 radical (unpaired) electrons. The molecule has 0 spiro atoms. The van der Waals surface area contributed by atoms with Crippen molar-refractivity contribution < 1.29 is 4.74 Å². The van der Waals surface area contributed by atoms with Crippen molar-refractivity contribution in [3.63, 3.8) is 0 Å². The van der Waals surface area contributed by atoms with Crippen LogP contribution < -0.4 is 15.4 Å². The van der Waals surface area contributed by atoms with E-state index in [9.17, 15) is 0 Å². The van der Waals surface area contributed by atoms with Crippen LogP contribution in [0.3, 0.4) is 0 Å². The number of benzene rings is 1. The lowest BCUT2D eigenvalue weighted by molar-refractivity contribution is 0.414. The van der Waals surface area contributed by atoms with E-state index in [0.29, 0.717) is 23.3 Å². The molecule has 0 fully saturated rings. The normalized spacial score (nSPS) is 11.8. The maximum Gasteiger partial charge on any atom is 0.204 e. The lowest BCUT2D eigenvalue weighted by atomic mass is 10.0. The fourth-order valence-corrected chi connectivity index (χ4v) is 2.02. The molecule has 0 aliphatic rings. The second kappa shape index (κ2) is 6.75. The molecule has 2 rings (SSSR count). The maximum atomic E-state index is 5.36. The molecule has 5 nitrogen and oxygen atoms in total. The quantitative estimate of drug-likeness (QED) is 0.846. The molecule has 0 saturated carbocycles. The molecule has 1 aromatic heterocycles. The van der Waals surface area contributed by atoms with Gasteiger partial charge in [0.05, 0.1) is 7.11 Å². The van der Waals surface area contributed by atoms with Crippen LogP contribution in [0, 0.1) is 0 Å². The molecule has 5 heteroatoms. The zero-order valence-corrected chi connectivity index (χ0v) is 12.1. The number of nitrogens with zero attached hydrogens (tertiary/aromatic N) is 2. The van der Waals surface area contributed by atoms with Gasteiger partial charge in [0.25, 0.3) is 0 Å². The van der Waals surface area contributed by atoms with Gasteiger partial charge in [-0.15, -0.1) is 0 Å². The molecule has 106 valence electrons. The van der Waals surface area contributed by atoms with Gasteiger partial charge in [0.1, 0.15) is 6.33 Å². The summed E-state index contributed by atoms with van der Waals surface area (Å²) >= 11 is 0. The Morgan fingerprint density at radius 3 is 2.50 bits per heavy atom. The van der Waals surface area contributed by atoms with Crippen molar-refractivity contribution in [2.24, 2.45) is 0 Å². The number of rotatable bonds is 6. The van der Waals surface area contributed by atoms with E-state index in [1.165, 1.54) is 11.9 Å². The summed E-state index contributed by atoms with van der Waals surface area (Å²) in [5, 5.41) is 6.31. The van der Waals surface area contributed by atoms with E-state index in [1.54, 1.807) is 14.2 Å². The minimum Gasteiger partial charge on any atom is -0.490 e. The van der Waals surface area contributed by atoms with E-state index in [2.05, 4.69) is 51.8 Å². The Balaban J connectivity index is 2.07. The smallest absolute Gasteiger partial charge is 0.204 e.